The molecule has 0 spiro atoms. The van der Waals surface area contributed by atoms with Crippen molar-refractivity contribution in [2.45, 2.75) is 97.8 Å². The normalized spacial score (nSPS) is 14.9. The van der Waals surface area contributed by atoms with E-state index in [2.05, 4.69) is 65.0 Å². The number of nitrogens with two attached hydrogens (primary N) is 1. The molecule has 496 valence electrons. The minimum absolute atomic E-state index is 0.0431. The monoisotopic (exact) mass is 1320 g/mol. The number of para-hydroxylation sites is 3. The van der Waals surface area contributed by atoms with Gasteiger partial charge in [-0.05, 0) is 209 Å². The second kappa shape index (κ2) is 27.8. The van der Waals surface area contributed by atoms with E-state index in [4.69, 9.17) is 21.1 Å². The van der Waals surface area contributed by atoms with Crippen LogP contribution in [0.1, 0.15) is 112 Å². The molecule has 15 rings (SSSR count). The van der Waals surface area contributed by atoms with E-state index in [1.807, 2.05) is 37.3 Å². The van der Waals surface area contributed by atoms with Crippen LogP contribution in [-0.4, -0.2) is 84.7 Å². The highest BCUT2D eigenvalue weighted by atomic mass is 16.4. The molecule has 0 unspecified atom stereocenters. The summed E-state index contributed by atoms with van der Waals surface area (Å²) in [5.74, 6) is -3.23. The van der Waals surface area contributed by atoms with Crippen LogP contribution in [0, 0.1) is 13.8 Å². The predicted octanol–water partition coefficient (Wildman–Crippen LogP) is 13.7. The number of aromatic carboxylic acids is 1. The largest absolute Gasteiger partial charge is 0.505 e. The number of nitrogens with one attached hydrogen (secondary N) is 3. The van der Waals surface area contributed by atoms with Crippen LogP contribution in [0.15, 0.2) is 192 Å². The number of allylic oxidation sites excluding steroid dienone is 6. The fraction of sp³-hybridized carbons (Fsp3) is 0.203. The first-order chi connectivity index (χ1) is 47.2. The molecule has 0 radical (unpaired) electrons. The molecule has 1 aliphatic heterocycles. The standard InChI is InChI=1S/2C25H22N4O4.C13H14N2O.C11H10N2O3/c2*1-14-22(24(31)29(28-14)19-11-10-15-4-2-5-16(15)13-19)27-26-21-7-3-6-20(23(21)30)17-8-9-18(12-17)25(32)33;1-9-7-13(16)15(14-9)12-6-5-10-3-2-4-11(10)8-12;12-8-3-1-2-7(10(8)14)6-4-9(11(15)16)13-5-6/h2*3,6-8,10-13,28,30H,2,4-5,9H2,1H3,(H,32,33);5-6,8H,2-4,7H2,1H3;1-5,13-14H,12H2,(H,15,16). The number of carbonyl (C=O) groups is 4. The Bertz CT molecular complexity index is 4880. The van der Waals surface area contributed by atoms with Crippen LogP contribution in [0.25, 0.3) is 33.6 Å². The lowest BCUT2D eigenvalue weighted by molar-refractivity contribution is -0.133. The van der Waals surface area contributed by atoms with Gasteiger partial charge in [-0.2, -0.15) is 5.10 Å². The number of carboxylic acid groups (broad SMARTS) is 3. The summed E-state index contributed by atoms with van der Waals surface area (Å²) in [6.07, 6.45) is 19.1. The van der Waals surface area contributed by atoms with Gasteiger partial charge in [-0.1, -0.05) is 66.7 Å². The number of phenols is 3. The molecule has 0 saturated heterocycles. The highest BCUT2D eigenvalue weighted by molar-refractivity contribution is 6.12. The maximum atomic E-state index is 13.0. The first kappa shape index (κ1) is 65.6. The van der Waals surface area contributed by atoms with E-state index in [1.165, 1.54) is 85.0 Å². The van der Waals surface area contributed by atoms with Gasteiger partial charge in [0.25, 0.3) is 17.0 Å². The number of hydrogen-bond donors (Lipinski definition) is 10. The summed E-state index contributed by atoms with van der Waals surface area (Å²) in [5.41, 5.74) is 22.1. The van der Waals surface area contributed by atoms with Gasteiger partial charge in [0, 0.05) is 45.3 Å². The van der Waals surface area contributed by atoms with Crippen molar-refractivity contribution in [1.82, 2.24) is 24.5 Å². The zero-order valence-corrected chi connectivity index (χ0v) is 53.6. The number of aromatic nitrogens is 5. The van der Waals surface area contributed by atoms with Crippen LogP contribution in [0.3, 0.4) is 0 Å². The Balaban J connectivity index is 0.000000131. The zero-order chi connectivity index (χ0) is 69.1. The number of amides is 1. The fourth-order valence-electron chi connectivity index (χ4n) is 12.6. The summed E-state index contributed by atoms with van der Waals surface area (Å²) < 4.78 is 2.92. The Labute approximate surface area is 559 Å². The molecule has 0 fully saturated rings. The molecular formula is C74H68N12O12. The number of aliphatic carboxylic acids is 2. The fourth-order valence-corrected chi connectivity index (χ4v) is 12.6. The molecule has 0 bridgehead atoms. The lowest BCUT2D eigenvalue weighted by atomic mass is 10.0. The summed E-state index contributed by atoms with van der Waals surface area (Å²) >= 11 is 0. The molecule has 11 N–H and O–H groups in total. The van der Waals surface area contributed by atoms with Crippen molar-refractivity contribution in [3.8, 4) is 39.8 Å². The molecule has 6 aromatic carbocycles. The number of H-pyrrole nitrogens is 3. The number of benzene rings is 6. The molecule has 0 saturated carbocycles. The van der Waals surface area contributed by atoms with Gasteiger partial charge in [0.1, 0.15) is 22.8 Å². The van der Waals surface area contributed by atoms with Gasteiger partial charge in [0.15, 0.2) is 22.9 Å². The number of anilines is 2. The summed E-state index contributed by atoms with van der Waals surface area (Å²) in [7, 11) is 0. The van der Waals surface area contributed by atoms with E-state index in [-0.39, 0.29) is 79.6 Å². The molecule has 24 heteroatoms. The number of nitrogen functional groups attached to an aromatic ring is 1. The van der Waals surface area contributed by atoms with E-state index >= 15 is 0 Å². The van der Waals surface area contributed by atoms with Gasteiger partial charge < -0.3 is 41.4 Å². The number of fused-ring (bicyclic) bond motifs is 3. The number of azo groups is 2. The molecule has 1 amide bonds. The molecular weight excluding hydrogens is 1250 g/mol. The van der Waals surface area contributed by atoms with Crippen LogP contribution in [0.5, 0.6) is 17.2 Å². The highest BCUT2D eigenvalue weighted by Gasteiger charge is 2.26. The van der Waals surface area contributed by atoms with Crippen LogP contribution in [0.4, 0.5) is 34.1 Å². The molecule has 9 aromatic rings. The van der Waals surface area contributed by atoms with E-state index in [9.17, 15) is 44.1 Å². The van der Waals surface area contributed by atoms with Gasteiger partial charge in [-0.3, -0.25) is 24.6 Å². The molecule has 3 aromatic heterocycles. The zero-order valence-electron chi connectivity index (χ0n) is 53.6. The first-order valence-electron chi connectivity index (χ1n) is 31.8. The molecule has 24 nitrogen and oxygen atoms in total. The number of phenolic OH excluding ortho intramolecular Hbond substituents is 3. The quantitative estimate of drug-likeness (QED) is 0.0292. The van der Waals surface area contributed by atoms with Crippen molar-refractivity contribution < 1.29 is 49.8 Å². The van der Waals surface area contributed by atoms with Crippen molar-refractivity contribution in [3.05, 3.63) is 239 Å². The van der Waals surface area contributed by atoms with Gasteiger partial charge >= 0.3 is 17.9 Å². The number of carbonyl (C=O) groups excluding carboxylic acids is 1. The minimum Gasteiger partial charge on any atom is -0.505 e. The number of hydrogen-bond acceptors (Lipinski definition) is 15. The Kier molecular flexibility index (Phi) is 18.6. The third kappa shape index (κ3) is 13.7. The summed E-state index contributed by atoms with van der Waals surface area (Å²) in [6, 6.07) is 34.6. The van der Waals surface area contributed by atoms with Crippen molar-refractivity contribution >= 4 is 74.8 Å². The van der Waals surface area contributed by atoms with Gasteiger partial charge in [0.2, 0.25) is 0 Å². The van der Waals surface area contributed by atoms with Crippen molar-refractivity contribution in [1.29, 1.82) is 0 Å². The second-order valence-electron chi connectivity index (χ2n) is 24.4. The van der Waals surface area contributed by atoms with Crippen molar-refractivity contribution in [3.63, 3.8) is 0 Å². The number of hydrazone groups is 1. The SMILES string of the molecule is CC1=NN(c2ccc3c(c2)CCC3)C(=O)C1.Cc1[nH]n(-c2ccc3c(c2)CCC3)c(=O)c1N=Nc1cccc(C2=CCC(C(=O)O)=C2)c1O.Cc1[nH]n(-c2ccc3c(c2)CCC3)c(=O)c1N=Nc1cccc(C2=CCC(C(=O)O)=C2)c1O.Nc1cccc(-c2c[nH]c(C(=O)O)c2)c1O. The topological polar surface area (TPSA) is 372 Å². The Morgan fingerprint density at radius 1 is 0.510 bits per heavy atom. The van der Waals surface area contributed by atoms with E-state index in [0.29, 0.717) is 64.1 Å². The van der Waals surface area contributed by atoms with Crippen LogP contribution in [-0.2, 0) is 52.9 Å². The smallest absolute Gasteiger partial charge is 0.352 e. The Hall–Kier alpha value is -12.5. The number of carboxylic acids is 3. The van der Waals surface area contributed by atoms with Gasteiger partial charge in [-0.15, -0.1) is 20.5 Å². The van der Waals surface area contributed by atoms with Crippen molar-refractivity contribution in [2.24, 2.45) is 25.6 Å². The lowest BCUT2D eigenvalue weighted by Gasteiger charge is -2.13. The van der Waals surface area contributed by atoms with E-state index in [1.54, 1.807) is 80.6 Å². The van der Waals surface area contributed by atoms with Gasteiger partial charge in [-0.25, -0.2) is 28.8 Å². The Morgan fingerprint density at radius 2 is 0.949 bits per heavy atom. The van der Waals surface area contributed by atoms with Crippen LogP contribution < -0.4 is 21.9 Å². The third-order valence-electron chi connectivity index (χ3n) is 17.8. The maximum Gasteiger partial charge on any atom is 0.352 e. The number of aromatic hydroxyl groups is 3. The summed E-state index contributed by atoms with van der Waals surface area (Å²) in [4.78, 5) is 73.4. The summed E-state index contributed by atoms with van der Waals surface area (Å²) in [6.45, 7) is 5.39. The number of aromatic amines is 3. The second-order valence-corrected chi connectivity index (χ2v) is 24.4. The third-order valence-corrected chi connectivity index (χ3v) is 17.8. The number of nitrogens with zero attached hydrogens (tertiary/aromatic N) is 8. The molecule has 0 atom stereocenters. The predicted molar refractivity (Wildman–Crippen MR) is 370 cm³/mol. The molecule has 98 heavy (non-hydrogen) atoms. The minimum atomic E-state index is -1.05. The average molecular weight is 1320 g/mol. The number of rotatable bonds is 13. The van der Waals surface area contributed by atoms with E-state index in [0.717, 1.165) is 67.7 Å². The molecule has 4 heterocycles. The first-order valence-corrected chi connectivity index (χ1v) is 31.8. The van der Waals surface area contributed by atoms with E-state index < -0.39 is 17.9 Å². The van der Waals surface area contributed by atoms with Crippen LogP contribution >= 0.6 is 0 Å². The van der Waals surface area contributed by atoms with Gasteiger partial charge in [0.05, 0.1) is 40.6 Å². The molecule has 5 aliphatic carbocycles. The van der Waals surface area contributed by atoms with Crippen LogP contribution in [0.2, 0.25) is 0 Å². The maximum absolute atomic E-state index is 13.0. The average Bonchev–Trinajstić information content (AvgIpc) is 1.60. The summed E-state index contributed by atoms with van der Waals surface area (Å²) in [5, 5.41) is 86.6. The molecule has 6 aliphatic rings. The van der Waals surface area contributed by atoms with Crippen molar-refractivity contribution in [2.75, 3.05) is 10.7 Å². The Morgan fingerprint density at radius 3 is 1.38 bits per heavy atom. The highest BCUT2D eigenvalue weighted by Crippen LogP contribution is 2.41. The number of aryl methyl sites for hydroxylation is 8. The lowest BCUT2D eigenvalue weighted by Crippen LogP contribution is -2.19.